The van der Waals surface area contributed by atoms with Gasteiger partial charge in [-0.3, -0.25) is 4.79 Å². The number of rotatable bonds is 6. The minimum atomic E-state index is -3.74. The van der Waals surface area contributed by atoms with E-state index in [-0.39, 0.29) is 32.1 Å². The van der Waals surface area contributed by atoms with Crippen molar-refractivity contribution in [3.8, 4) is 11.5 Å². The standard InChI is InChI=1S/C26H27F3N2O4.2H2/c1-24(2,3)22-12-15-11-18(17(27)14-19(15)31(22)9-4-10-32)30-23(33)25(7-8-25)16-5-6-20-21(13-16)35-26(28,29)34-20;;/h5-6,11-14,32H,4,7-10H2,1-3H3,(H,30,33);2*1H. The van der Waals surface area contributed by atoms with Crippen LogP contribution < -0.4 is 14.8 Å². The van der Waals surface area contributed by atoms with E-state index in [4.69, 9.17) is 0 Å². The second-order valence-electron chi connectivity index (χ2n) is 10.3. The van der Waals surface area contributed by atoms with E-state index in [2.05, 4.69) is 35.6 Å². The molecule has 9 heteroatoms. The number of carbonyl (C=O) groups is 1. The molecule has 1 saturated carbocycles. The predicted molar refractivity (Wildman–Crippen MR) is 129 cm³/mol. The van der Waals surface area contributed by atoms with Crippen LogP contribution in [0.4, 0.5) is 18.9 Å². The number of aliphatic hydroxyl groups is 1. The van der Waals surface area contributed by atoms with Crippen LogP contribution in [0.1, 0.15) is 54.1 Å². The van der Waals surface area contributed by atoms with E-state index in [1.807, 2.05) is 10.6 Å². The van der Waals surface area contributed by atoms with Gasteiger partial charge in [0.1, 0.15) is 5.82 Å². The van der Waals surface area contributed by atoms with Crippen molar-refractivity contribution in [2.75, 3.05) is 11.9 Å². The van der Waals surface area contributed by atoms with Crippen molar-refractivity contribution in [1.82, 2.24) is 4.57 Å². The number of aryl methyl sites for hydroxylation is 1. The smallest absolute Gasteiger partial charge is 0.396 e. The highest BCUT2D eigenvalue weighted by atomic mass is 19.3. The van der Waals surface area contributed by atoms with Crippen LogP contribution in [-0.4, -0.2) is 28.5 Å². The zero-order chi connectivity index (χ0) is 25.2. The van der Waals surface area contributed by atoms with Gasteiger partial charge in [-0.1, -0.05) is 26.8 Å². The quantitative estimate of drug-likeness (QED) is 0.447. The van der Waals surface area contributed by atoms with Crippen LogP contribution >= 0.6 is 0 Å². The third-order valence-corrected chi connectivity index (χ3v) is 6.69. The molecule has 2 aliphatic rings. The van der Waals surface area contributed by atoms with Crippen molar-refractivity contribution >= 4 is 22.5 Å². The Labute approximate surface area is 203 Å². The number of nitrogens with zero attached hydrogens (tertiary/aromatic N) is 1. The molecule has 0 bridgehead atoms. The Hall–Kier alpha value is -3.20. The number of ether oxygens (including phenoxy) is 2. The van der Waals surface area contributed by atoms with Crippen LogP contribution in [0.5, 0.6) is 11.5 Å². The van der Waals surface area contributed by atoms with Crippen molar-refractivity contribution in [2.45, 2.75) is 63.7 Å². The first-order chi connectivity index (χ1) is 16.4. The normalized spacial score (nSPS) is 17.6. The van der Waals surface area contributed by atoms with E-state index in [1.54, 1.807) is 12.1 Å². The van der Waals surface area contributed by atoms with Crippen LogP contribution in [-0.2, 0) is 22.2 Å². The Kier molecular flexibility index (Phi) is 5.32. The molecule has 2 aromatic carbocycles. The number of hydrogen-bond acceptors (Lipinski definition) is 4. The number of aliphatic hydroxyl groups excluding tert-OH is 1. The highest BCUT2D eigenvalue weighted by Crippen LogP contribution is 2.52. The van der Waals surface area contributed by atoms with E-state index in [0.29, 0.717) is 36.9 Å². The molecule has 35 heavy (non-hydrogen) atoms. The zero-order valence-corrected chi connectivity index (χ0v) is 19.8. The molecule has 0 radical (unpaired) electrons. The summed E-state index contributed by atoms with van der Waals surface area (Å²) in [7, 11) is 0. The first-order valence-corrected chi connectivity index (χ1v) is 11.6. The predicted octanol–water partition coefficient (Wildman–Crippen LogP) is 5.94. The fraction of sp³-hybridized carbons (Fsp3) is 0.423. The number of aromatic nitrogens is 1. The summed E-state index contributed by atoms with van der Waals surface area (Å²) in [5, 5.41) is 12.8. The third-order valence-electron chi connectivity index (χ3n) is 6.69. The summed E-state index contributed by atoms with van der Waals surface area (Å²) in [6.45, 7) is 6.76. The molecule has 190 valence electrons. The van der Waals surface area contributed by atoms with Crippen molar-refractivity contribution in [3.63, 3.8) is 0 Å². The average molecular weight is 493 g/mol. The summed E-state index contributed by atoms with van der Waals surface area (Å²) in [5.74, 6) is -1.20. The highest BCUT2D eigenvalue weighted by molar-refractivity contribution is 6.02. The summed E-state index contributed by atoms with van der Waals surface area (Å²) < 4.78 is 52.9. The second-order valence-corrected chi connectivity index (χ2v) is 10.3. The van der Waals surface area contributed by atoms with Gasteiger partial charge >= 0.3 is 6.29 Å². The van der Waals surface area contributed by atoms with E-state index in [1.165, 1.54) is 18.2 Å². The summed E-state index contributed by atoms with van der Waals surface area (Å²) in [5.41, 5.74) is 1.11. The maximum Gasteiger partial charge on any atom is 0.586 e. The summed E-state index contributed by atoms with van der Waals surface area (Å²) >= 11 is 0. The molecule has 1 fully saturated rings. The van der Waals surface area contributed by atoms with Crippen LogP contribution in [0.2, 0.25) is 0 Å². The summed E-state index contributed by atoms with van der Waals surface area (Å²) in [4.78, 5) is 13.3. The minimum absolute atomic E-state index is 0. The van der Waals surface area contributed by atoms with Gasteiger partial charge in [-0.25, -0.2) is 4.39 Å². The zero-order valence-electron chi connectivity index (χ0n) is 19.8. The fourth-order valence-corrected chi connectivity index (χ4v) is 4.73. The molecule has 6 nitrogen and oxygen atoms in total. The largest absolute Gasteiger partial charge is 0.586 e. The monoisotopic (exact) mass is 492 g/mol. The molecule has 0 spiro atoms. The SMILES string of the molecule is CC(C)(C)c1cc2cc(NC(=O)C3(c4ccc5c(c4)OC(F)(F)O5)CC3)c(F)cc2n1CCCO.[HH].[HH]. The van der Waals surface area contributed by atoms with Gasteiger partial charge in [0.25, 0.3) is 0 Å². The van der Waals surface area contributed by atoms with Gasteiger partial charge in [0.15, 0.2) is 11.5 Å². The highest BCUT2D eigenvalue weighted by Gasteiger charge is 2.53. The number of anilines is 1. The Morgan fingerprint density at radius 3 is 2.51 bits per heavy atom. The molecule has 2 heterocycles. The number of amides is 1. The second kappa shape index (κ2) is 7.91. The maximum absolute atomic E-state index is 15.2. The van der Waals surface area contributed by atoms with Gasteiger partial charge in [0, 0.05) is 38.6 Å². The number of nitrogens with one attached hydrogen (secondary N) is 1. The first kappa shape index (κ1) is 23.5. The fourth-order valence-electron chi connectivity index (χ4n) is 4.73. The van der Waals surface area contributed by atoms with Crippen molar-refractivity contribution in [3.05, 3.63) is 53.5 Å². The number of carbonyl (C=O) groups excluding carboxylic acids is 1. The summed E-state index contributed by atoms with van der Waals surface area (Å²) in [6, 6.07) is 9.30. The van der Waals surface area contributed by atoms with E-state index in [9.17, 15) is 18.7 Å². The molecule has 5 rings (SSSR count). The van der Waals surface area contributed by atoms with Crippen LogP contribution in [0.15, 0.2) is 36.4 Å². The van der Waals surface area contributed by atoms with Gasteiger partial charge in [-0.05, 0) is 49.1 Å². The lowest BCUT2D eigenvalue weighted by Gasteiger charge is -2.22. The van der Waals surface area contributed by atoms with Crippen molar-refractivity contribution < 1.29 is 35.4 Å². The number of halogens is 3. The molecule has 2 N–H and O–H groups in total. The molecular formula is C26H31F3N2O4. The Morgan fingerprint density at radius 2 is 1.86 bits per heavy atom. The number of fused-ring (bicyclic) bond motifs is 2. The molecule has 0 saturated heterocycles. The first-order valence-electron chi connectivity index (χ1n) is 11.6. The number of alkyl halides is 2. The molecular weight excluding hydrogens is 461 g/mol. The van der Waals surface area contributed by atoms with Gasteiger partial charge < -0.3 is 24.5 Å². The Bertz CT molecular complexity index is 1330. The van der Waals surface area contributed by atoms with Crippen molar-refractivity contribution in [1.29, 1.82) is 0 Å². The number of benzene rings is 2. The molecule has 1 amide bonds. The van der Waals surface area contributed by atoms with Gasteiger partial charge in [0.2, 0.25) is 5.91 Å². The lowest BCUT2D eigenvalue weighted by atomic mass is 9.92. The van der Waals surface area contributed by atoms with Crippen LogP contribution in [0.3, 0.4) is 0 Å². The lowest BCUT2D eigenvalue weighted by Crippen LogP contribution is -2.28. The molecule has 1 aliphatic heterocycles. The average Bonchev–Trinajstić information content (AvgIpc) is 3.41. The van der Waals surface area contributed by atoms with E-state index in [0.717, 1.165) is 11.1 Å². The van der Waals surface area contributed by atoms with Crippen LogP contribution in [0.25, 0.3) is 10.9 Å². The summed E-state index contributed by atoms with van der Waals surface area (Å²) in [6.07, 6.45) is -2.19. The van der Waals surface area contributed by atoms with Crippen LogP contribution in [0, 0.1) is 5.82 Å². The molecule has 0 unspecified atom stereocenters. The molecule has 1 aliphatic carbocycles. The van der Waals surface area contributed by atoms with Crippen molar-refractivity contribution in [2.24, 2.45) is 0 Å². The number of hydrogen-bond donors (Lipinski definition) is 2. The Morgan fingerprint density at radius 1 is 1.14 bits per heavy atom. The van der Waals surface area contributed by atoms with E-state index >= 15 is 4.39 Å². The maximum atomic E-state index is 15.2. The topological polar surface area (TPSA) is 72.7 Å². The third kappa shape index (κ3) is 4.11. The van der Waals surface area contributed by atoms with Gasteiger partial charge in [-0.2, -0.15) is 0 Å². The lowest BCUT2D eigenvalue weighted by molar-refractivity contribution is -0.286. The molecule has 1 aromatic heterocycles. The molecule has 0 atom stereocenters. The molecule has 3 aromatic rings. The van der Waals surface area contributed by atoms with Gasteiger partial charge in [-0.15, -0.1) is 8.78 Å². The Balaban J connectivity index is 0.00000190. The minimum Gasteiger partial charge on any atom is -0.396 e. The van der Waals surface area contributed by atoms with Gasteiger partial charge in [0.05, 0.1) is 16.6 Å². The van der Waals surface area contributed by atoms with E-state index < -0.39 is 23.4 Å².